The summed E-state index contributed by atoms with van der Waals surface area (Å²) < 4.78 is 11.2. The van der Waals surface area contributed by atoms with Crippen LogP contribution in [0.15, 0.2) is 42.0 Å². The fourth-order valence-electron chi connectivity index (χ4n) is 2.27. The lowest BCUT2D eigenvalue weighted by Gasteiger charge is -2.12. The van der Waals surface area contributed by atoms with Crippen LogP contribution in [0.2, 0.25) is 0 Å². The Kier molecular flexibility index (Phi) is 5.80. The molecule has 0 heterocycles. The molecule has 2 N–H and O–H groups in total. The number of amides is 1. The lowest BCUT2D eigenvalue weighted by Crippen LogP contribution is -2.12. The topological polar surface area (TPSA) is 85.3 Å². The monoisotopic (exact) mass is 336 g/mol. The van der Waals surface area contributed by atoms with Crippen LogP contribution in [0.1, 0.15) is 22.3 Å². The Labute approximate surface area is 147 Å². The van der Waals surface area contributed by atoms with Crippen LogP contribution in [0.4, 0.5) is 0 Å². The number of nitrogens with zero attached hydrogens (tertiary/aromatic N) is 1. The summed E-state index contributed by atoms with van der Waals surface area (Å²) in [6.45, 7) is 4.54. The first-order chi connectivity index (χ1) is 11.9. The Morgan fingerprint density at radius 3 is 2.52 bits per heavy atom. The number of nitrogens with two attached hydrogens (primary N) is 1. The average Bonchev–Trinajstić information content (AvgIpc) is 2.60. The molecule has 5 heteroatoms. The standard InChI is InChI=1S/C20H20N2O3/c1-13-4-5-16(8-14(13)2)12-25-18-7-6-15(10-19(18)24-3)9-17(11-21)20(22)23/h4-10H,12H2,1-3H3,(H2,22,23)/b17-9+. The molecular weight excluding hydrogens is 316 g/mol. The van der Waals surface area contributed by atoms with Gasteiger partial charge in [0.15, 0.2) is 11.5 Å². The highest BCUT2D eigenvalue weighted by atomic mass is 16.5. The molecule has 0 radical (unpaired) electrons. The van der Waals surface area contributed by atoms with Crippen LogP contribution in [-0.4, -0.2) is 13.0 Å². The summed E-state index contributed by atoms with van der Waals surface area (Å²) in [5.74, 6) is 0.325. The second-order valence-electron chi connectivity index (χ2n) is 5.65. The van der Waals surface area contributed by atoms with Gasteiger partial charge in [-0.1, -0.05) is 24.3 Å². The number of aryl methyl sites for hydroxylation is 2. The van der Waals surface area contributed by atoms with Gasteiger partial charge in [-0.15, -0.1) is 0 Å². The van der Waals surface area contributed by atoms with Crippen molar-refractivity contribution in [3.63, 3.8) is 0 Å². The molecule has 128 valence electrons. The van der Waals surface area contributed by atoms with E-state index in [-0.39, 0.29) is 5.57 Å². The molecule has 0 bridgehead atoms. The second-order valence-corrected chi connectivity index (χ2v) is 5.65. The number of hydrogen-bond acceptors (Lipinski definition) is 4. The van der Waals surface area contributed by atoms with Gasteiger partial charge in [-0.2, -0.15) is 5.26 Å². The summed E-state index contributed by atoms with van der Waals surface area (Å²) in [6.07, 6.45) is 1.41. The van der Waals surface area contributed by atoms with Crippen LogP contribution in [0, 0.1) is 25.2 Å². The molecule has 2 rings (SSSR count). The molecule has 0 aliphatic heterocycles. The Bertz CT molecular complexity index is 864. The zero-order valence-electron chi connectivity index (χ0n) is 14.5. The quantitative estimate of drug-likeness (QED) is 0.648. The Hall–Kier alpha value is -3.26. The lowest BCUT2D eigenvalue weighted by atomic mass is 10.1. The van der Waals surface area contributed by atoms with Crippen LogP contribution in [0.25, 0.3) is 6.08 Å². The predicted octanol–water partition coefficient (Wildman–Crippen LogP) is 3.28. The molecule has 0 atom stereocenters. The van der Waals surface area contributed by atoms with Crippen LogP contribution >= 0.6 is 0 Å². The van der Waals surface area contributed by atoms with Crippen molar-refractivity contribution in [2.24, 2.45) is 5.73 Å². The van der Waals surface area contributed by atoms with Crippen LogP contribution < -0.4 is 15.2 Å². The van der Waals surface area contributed by atoms with E-state index in [1.54, 1.807) is 24.3 Å². The van der Waals surface area contributed by atoms with Gasteiger partial charge in [0, 0.05) is 0 Å². The number of ether oxygens (including phenoxy) is 2. The predicted molar refractivity (Wildman–Crippen MR) is 96.0 cm³/mol. The molecule has 0 saturated carbocycles. The lowest BCUT2D eigenvalue weighted by molar-refractivity contribution is -0.114. The highest BCUT2D eigenvalue weighted by Gasteiger charge is 2.08. The minimum atomic E-state index is -0.767. The third-order valence-corrected chi connectivity index (χ3v) is 3.85. The van der Waals surface area contributed by atoms with E-state index in [1.807, 2.05) is 6.07 Å². The number of carbonyl (C=O) groups excluding carboxylic acids is 1. The largest absolute Gasteiger partial charge is 0.493 e. The van der Waals surface area contributed by atoms with Gasteiger partial charge in [0.05, 0.1) is 7.11 Å². The van der Waals surface area contributed by atoms with Gasteiger partial charge in [-0.25, -0.2) is 0 Å². The molecule has 0 aromatic heterocycles. The van der Waals surface area contributed by atoms with E-state index in [4.69, 9.17) is 20.5 Å². The number of nitriles is 1. The average molecular weight is 336 g/mol. The molecular formula is C20H20N2O3. The summed E-state index contributed by atoms with van der Waals surface area (Å²) in [6, 6.07) is 13.1. The van der Waals surface area contributed by atoms with Crippen molar-refractivity contribution in [2.45, 2.75) is 20.5 Å². The normalized spacial score (nSPS) is 10.9. The first kappa shape index (κ1) is 18.1. The zero-order valence-corrected chi connectivity index (χ0v) is 14.5. The molecule has 0 aliphatic carbocycles. The Morgan fingerprint density at radius 2 is 1.92 bits per heavy atom. The van der Waals surface area contributed by atoms with Gasteiger partial charge >= 0.3 is 0 Å². The maximum atomic E-state index is 11.1. The first-order valence-corrected chi connectivity index (χ1v) is 7.73. The number of hydrogen-bond donors (Lipinski definition) is 1. The fraction of sp³-hybridized carbons (Fsp3) is 0.200. The Balaban J connectivity index is 2.20. The van der Waals surface area contributed by atoms with E-state index in [9.17, 15) is 4.79 Å². The summed E-state index contributed by atoms with van der Waals surface area (Å²) in [5.41, 5.74) is 9.17. The van der Waals surface area contributed by atoms with Gasteiger partial charge in [0.2, 0.25) is 0 Å². The van der Waals surface area contributed by atoms with Crippen LogP contribution in [-0.2, 0) is 11.4 Å². The molecule has 2 aromatic rings. The SMILES string of the molecule is COc1cc(/C=C(\C#N)C(N)=O)ccc1OCc1ccc(C)c(C)c1. The second kappa shape index (κ2) is 8.02. The molecule has 25 heavy (non-hydrogen) atoms. The summed E-state index contributed by atoms with van der Waals surface area (Å²) >= 11 is 0. The van der Waals surface area contributed by atoms with Crippen molar-refractivity contribution in [2.75, 3.05) is 7.11 Å². The number of rotatable bonds is 6. The molecule has 2 aromatic carbocycles. The van der Waals surface area contributed by atoms with Crippen molar-refractivity contribution in [1.82, 2.24) is 0 Å². The van der Waals surface area contributed by atoms with E-state index in [0.29, 0.717) is 23.7 Å². The summed E-state index contributed by atoms with van der Waals surface area (Å²) in [7, 11) is 1.53. The van der Waals surface area contributed by atoms with Crippen LogP contribution in [0.3, 0.4) is 0 Å². The molecule has 1 amide bonds. The van der Waals surface area contributed by atoms with Crippen molar-refractivity contribution in [3.8, 4) is 17.6 Å². The van der Waals surface area contributed by atoms with E-state index in [2.05, 4.69) is 26.0 Å². The van der Waals surface area contributed by atoms with Crippen molar-refractivity contribution < 1.29 is 14.3 Å². The molecule has 0 spiro atoms. The number of carbonyl (C=O) groups is 1. The highest BCUT2D eigenvalue weighted by Crippen LogP contribution is 2.29. The van der Waals surface area contributed by atoms with E-state index >= 15 is 0 Å². The van der Waals surface area contributed by atoms with Gasteiger partial charge in [0.1, 0.15) is 18.2 Å². The maximum Gasteiger partial charge on any atom is 0.259 e. The zero-order chi connectivity index (χ0) is 18.4. The van der Waals surface area contributed by atoms with E-state index in [1.165, 1.54) is 24.3 Å². The number of methoxy groups -OCH3 is 1. The van der Waals surface area contributed by atoms with Gasteiger partial charge in [-0.3, -0.25) is 4.79 Å². The Morgan fingerprint density at radius 1 is 1.16 bits per heavy atom. The summed E-state index contributed by atoms with van der Waals surface area (Å²) in [5, 5.41) is 8.92. The van der Waals surface area contributed by atoms with Gasteiger partial charge < -0.3 is 15.2 Å². The smallest absolute Gasteiger partial charge is 0.259 e. The van der Waals surface area contributed by atoms with E-state index in [0.717, 1.165) is 5.56 Å². The molecule has 5 nitrogen and oxygen atoms in total. The summed E-state index contributed by atoms with van der Waals surface area (Å²) in [4.78, 5) is 11.1. The molecule has 0 unspecified atom stereocenters. The van der Waals surface area contributed by atoms with Crippen LogP contribution in [0.5, 0.6) is 11.5 Å². The van der Waals surface area contributed by atoms with Crippen molar-refractivity contribution in [3.05, 3.63) is 64.2 Å². The highest BCUT2D eigenvalue weighted by molar-refractivity contribution is 6.00. The number of primary amides is 1. The van der Waals surface area contributed by atoms with Crippen molar-refractivity contribution >= 4 is 12.0 Å². The van der Waals surface area contributed by atoms with Gasteiger partial charge in [0.25, 0.3) is 5.91 Å². The maximum absolute atomic E-state index is 11.1. The fourth-order valence-corrected chi connectivity index (χ4v) is 2.27. The number of benzene rings is 2. The molecule has 0 fully saturated rings. The minimum absolute atomic E-state index is 0.120. The van der Waals surface area contributed by atoms with Gasteiger partial charge in [-0.05, 0) is 54.3 Å². The van der Waals surface area contributed by atoms with E-state index < -0.39 is 5.91 Å². The molecule has 0 aliphatic rings. The third-order valence-electron chi connectivity index (χ3n) is 3.85. The molecule has 0 saturated heterocycles. The third kappa shape index (κ3) is 4.61. The minimum Gasteiger partial charge on any atom is -0.493 e. The van der Waals surface area contributed by atoms with Crippen molar-refractivity contribution in [1.29, 1.82) is 5.26 Å². The first-order valence-electron chi connectivity index (χ1n) is 7.73.